The molecule has 8 atom stereocenters. The molecule has 1 aromatic rings. The average molecular weight is 855 g/mol. The van der Waals surface area contributed by atoms with Gasteiger partial charge in [-0.05, 0) is 97.3 Å². The van der Waals surface area contributed by atoms with Crippen LogP contribution in [0.5, 0.6) is 0 Å². The molecule has 0 saturated carbocycles. The minimum atomic E-state index is -3.65. The molecular formula is C44H82O8SSi3. The summed E-state index contributed by atoms with van der Waals surface area (Å²) in [4.78, 5) is 0.314. The minimum absolute atomic E-state index is 0.000640. The number of benzene rings is 1. The van der Waals surface area contributed by atoms with Gasteiger partial charge in [0.1, 0.15) is 0 Å². The molecule has 6 unspecified atom stereocenters. The van der Waals surface area contributed by atoms with Crippen molar-refractivity contribution in [3.8, 4) is 0 Å². The number of hydrogen-bond donors (Lipinski definition) is 0. The highest BCUT2D eigenvalue weighted by molar-refractivity contribution is 7.91. The van der Waals surface area contributed by atoms with E-state index in [0.717, 1.165) is 49.6 Å². The molecule has 0 aromatic heterocycles. The van der Waals surface area contributed by atoms with E-state index < -0.39 is 52.9 Å². The lowest BCUT2D eigenvalue weighted by atomic mass is 9.83. The molecule has 0 bridgehead atoms. The normalized spacial score (nSPS) is 26.5. The molecule has 2 saturated heterocycles. The van der Waals surface area contributed by atoms with Gasteiger partial charge in [0.15, 0.2) is 34.8 Å². The molecule has 2 heterocycles. The molecular weight excluding hydrogens is 773 g/mol. The molecule has 8 nitrogen and oxygen atoms in total. The van der Waals surface area contributed by atoms with Crippen molar-refractivity contribution in [1.82, 2.24) is 0 Å². The zero-order chi connectivity index (χ0) is 42.3. The molecule has 0 aliphatic carbocycles. The van der Waals surface area contributed by atoms with Crippen LogP contribution in [-0.4, -0.2) is 96.1 Å². The lowest BCUT2D eigenvalue weighted by Gasteiger charge is -2.42. The zero-order valence-corrected chi connectivity index (χ0v) is 42.0. The zero-order valence-electron chi connectivity index (χ0n) is 38.2. The molecule has 2 aliphatic heterocycles. The van der Waals surface area contributed by atoms with Crippen LogP contribution in [0.3, 0.4) is 0 Å². The van der Waals surface area contributed by atoms with E-state index in [-0.39, 0.29) is 46.2 Å². The molecule has 3 rings (SSSR count). The van der Waals surface area contributed by atoms with Crippen molar-refractivity contribution < 1.29 is 35.9 Å². The van der Waals surface area contributed by atoms with Gasteiger partial charge >= 0.3 is 0 Å². The maximum atomic E-state index is 14.1. The third-order valence-electron chi connectivity index (χ3n) is 14.1. The highest BCUT2D eigenvalue weighted by atomic mass is 32.2. The third kappa shape index (κ3) is 12.9. The highest BCUT2D eigenvalue weighted by Gasteiger charge is 2.50. The van der Waals surface area contributed by atoms with Gasteiger partial charge in [0.25, 0.3) is 0 Å². The van der Waals surface area contributed by atoms with Crippen LogP contribution >= 0.6 is 0 Å². The summed E-state index contributed by atoms with van der Waals surface area (Å²) in [7, 11) is -7.92. The Bertz CT molecular complexity index is 1460. The maximum absolute atomic E-state index is 14.1. The van der Waals surface area contributed by atoms with Gasteiger partial charge in [0.2, 0.25) is 0 Å². The summed E-state index contributed by atoms with van der Waals surface area (Å²) in [6.45, 7) is 37.4. The minimum Gasteiger partial charge on any atom is -0.417 e. The van der Waals surface area contributed by atoms with Gasteiger partial charge in [-0.15, -0.1) is 0 Å². The number of methoxy groups -OCH3 is 1. The first-order valence-corrected chi connectivity index (χ1v) is 31.6. The van der Waals surface area contributed by atoms with Crippen LogP contribution in [0.2, 0.25) is 54.4 Å². The molecule has 0 N–H and O–H groups in total. The molecule has 56 heavy (non-hydrogen) atoms. The Balaban J connectivity index is 1.92. The van der Waals surface area contributed by atoms with Gasteiger partial charge in [-0.25, -0.2) is 8.42 Å². The van der Waals surface area contributed by atoms with Crippen LogP contribution in [0.25, 0.3) is 0 Å². The monoisotopic (exact) mass is 855 g/mol. The lowest BCUT2D eigenvalue weighted by Crippen LogP contribution is -2.49. The Labute approximate surface area is 346 Å². The van der Waals surface area contributed by atoms with Gasteiger partial charge in [0.05, 0.1) is 53.9 Å². The predicted molar refractivity (Wildman–Crippen MR) is 240 cm³/mol. The van der Waals surface area contributed by atoms with Gasteiger partial charge in [-0.2, -0.15) is 0 Å². The van der Waals surface area contributed by atoms with E-state index in [1.165, 1.54) is 0 Å². The number of sulfone groups is 1. The molecule has 0 spiro atoms. The number of hydrogen-bond acceptors (Lipinski definition) is 8. The third-order valence-corrected chi connectivity index (χ3v) is 29.6. The van der Waals surface area contributed by atoms with Crippen LogP contribution < -0.4 is 0 Å². The Morgan fingerprint density at radius 2 is 1.46 bits per heavy atom. The second-order valence-electron chi connectivity index (χ2n) is 19.9. The summed E-state index contributed by atoms with van der Waals surface area (Å²) in [6, 6.07) is 12.2. The molecule has 12 heteroatoms. The van der Waals surface area contributed by atoms with Gasteiger partial charge in [0, 0.05) is 32.5 Å². The van der Waals surface area contributed by atoms with Crippen molar-refractivity contribution in [2.75, 3.05) is 26.1 Å². The van der Waals surface area contributed by atoms with Crippen molar-refractivity contribution >= 4 is 34.8 Å². The van der Waals surface area contributed by atoms with E-state index in [4.69, 9.17) is 27.5 Å². The summed E-state index contributed by atoms with van der Waals surface area (Å²) in [5.74, 6) is -0.217. The smallest absolute Gasteiger partial charge is 0.192 e. The summed E-state index contributed by atoms with van der Waals surface area (Å²) in [5.41, 5.74) is 1.06. The van der Waals surface area contributed by atoms with E-state index in [0.29, 0.717) is 24.3 Å². The van der Waals surface area contributed by atoms with Crippen LogP contribution in [0.1, 0.15) is 101 Å². The number of rotatable bonds is 21. The summed E-state index contributed by atoms with van der Waals surface area (Å²) in [6.07, 6.45) is 2.22. The van der Waals surface area contributed by atoms with Crippen LogP contribution in [0, 0.1) is 11.8 Å². The largest absolute Gasteiger partial charge is 0.417 e. The molecule has 0 radical (unpaired) electrons. The number of ether oxygens (including phenoxy) is 3. The second kappa shape index (κ2) is 20.3. The van der Waals surface area contributed by atoms with Crippen LogP contribution in [-0.2, 0) is 37.3 Å². The molecule has 0 amide bonds. The van der Waals surface area contributed by atoms with E-state index in [9.17, 15) is 8.42 Å². The van der Waals surface area contributed by atoms with Gasteiger partial charge < -0.3 is 27.5 Å². The van der Waals surface area contributed by atoms with Gasteiger partial charge in [-0.1, -0.05) is 94.0 Å². The van der Waals surface area contributed by atoms with Crippen LogP contribution in [0.15, 0.2) is 47.4 Å². The topological polar surface area (TPSA) is 89.5 Å². The van der Waals surface area contributed by atoms with Crippen molar-refractivity contribution in [2.24, 2.45) is 11.8 Å². The quantitative estimate of drug-likeness (QED) is 0.0686. The highest BCUT2D eigenvalue weighted by Crippen LogP contribution is 2.43. The van der Waals surface area contributed by atoms with E-state index in [2.05, 4.69) is 102 Å². The Morgan fingerprint density at radius 1 is 0.875 bits per heavy atom. The second-order valence-corrected chi connectivity index (χ2v) is 36.3. The average Bonchev–Trinajstić information content (AvgIpc) is 3.42. The SMILES string of the molecule is C=C1C(C)CC(CCCO[Si](CC)(CC)CC)O[C@@H]1CC1OC(CC(CO[Si](C)(C)C(C)(C)C)O[Si](C)(C)C(C)(C)C)[C@H](OC)C1CS(=O)(=O)c1ccccc1. The van der Waals surface area contributed by atoms with E-state index >= 15 is 0 Å². The maximum Gasteiger partial charge on any atom is 0.192 e. The molecule has 2 fully saturated rings. The van der Waals surface area contributed by atoms with Crippen molar-refractivity contribution in [1.29, 1.82) is 0 Å². The molecule has 324 valence electrons. The lowest BCUT2D eigenvalue weighted by molar-refractivity contribution is -0.0759. The molecule has 2 aliphatic rings. The van der Waals surface area contributed by atoms with E-state index in [1.54, 1.807) is 31.4 Å². The van der Waals surface area contributed by atoms with Crippen LogP contribution in [0.4, 0.5) is 0 Å². The van der Waals surface area contributed by atoms with Gasteiger partial charge in [-0.3, -0.25) is 0 Å². The fraction of sp³-hybridized carbons (Fsp3) is 0.818. The van der Waals surface area contributed by atoms with Crippen molar-refractivity contribution in [3.05, 3.63) is 42.5 Å². The Hall–Kier alpha value is -0.679. The predicted octanol–water partition coefficient (Wildman–Crippen LogP) is 11.2. The van der Waals surface area contributed by atoms with Crippen molar-refractivity contribution in [2.45, 2.75) is 197 Å². The van der Waals surface area contributed by atoms with Crippen molar-refractivity contribution in [3.63, 3.8) is 0 Å². The van der Waals surface area contributed by atoms with E-state index in [1.807, 2.05) is 6.07 Å². The summed E-state index contributed by atoms with van der Waals surface area (Å²) >= 11 is 0. The summed E-state index contributed by atoms with van der Waals surface area (Å²) < 4.78 is 68.9. The summed E-state index contributed by atoms with van der Waals surface area (Å²) in [5, 5.41) is 0.0477. The Morgan fingerprint density at radius 3 is 2.00 bits per heavy atom. The first-order chi connectivity index (χ1) is 25.9. The first-order valence-electron chi connectivity index (χ1n) is 21.6. The molecule has 1 aromatic carbocycles. The first kappa shape index (κ1) is 49.7. The fourth-order valence-electron chi connectivity index (χ4n) is 7.83. The fourth-order valence-corrected chi connectivity index (χ4v) is 14.6. The standard InChI is InChI=1S/C44H82O8SSi3/c1-17-56(18-2,19-3)48-27-23-24-35-28-33(4)34(5)39(50-35)30-40-38(32-53(45,46)37-25-21-20-22-26-37)42(47-12)41(51-40)29-36(52-55(15,16)44(9,10)11)31-49-54(13,14)43(6,7)8/h20-22,25-26,33,35-36,38-42H,5,17-19,23-24,27-32H2,1-4,6-16H3/t33?,35?,36?,38?,39-,40?,41?,42-/m1/s1. The Kier molecular flexibility index (Phi) is 18.0.